The molecule has 1 saturated carbocycles. The minimum absolute atomic E-state index is 0.644. The Morgan fingerprint density at radius 1 is 0.857 bits per heavy atom. The van der Waals surface area contributed by atoms with Crippen LogP contribution in [0.15, 0.2) is 36.7 Å². The lowest BCUT2D eigenvalue weighted by atomic mass is 9.77. The summed E-state index contributed by atoms with van der Waals surface area (Å²) in [4.78, 5) is 9.29. The third-order valence-electron chi connectivity index (χ3n) is 6.13. The fourth-order valence-electron chi connectivity index (χ4n) is 4.39. The van der Waals surface area contributed by atoms with E-state index < -0.39 is 0 Å². The number of hydrogen-bond acceptors (Lipinski definition) is 3. The first kappa shape index (κ1) is 20.8. The van der Waals surface area contributed by atoms with Crippen molar-refractivity contribution in [3.63, 3.8) is 0 Å². The normalized spacial score (nSPS) is 19.5. The van der Waals surface area contributed by atoms with Crippen LogP contribution in [0.2, 0.25) is 0 Å². The van der Waals surface area contributed by atoms with Gasteiger partial charge in [0.15, 0.2) is 5.82 Å². The number of rotatable bonds is 10. The zero-order chi connectivity index (χ0) is 19.6. The summed E-state index contributed by atoms with van der Waals surface area (Å²) in [5.74, 6) is 3.28. The summed E-state index contributed by atoms with van der Waals surface area (Å²) in [6.07, 6.45) is 17.9. The molecular formula is C25H36N2O. The van der Waals surface area contributed by atoms with Crippen LogP contribution in [0, 0.1) is 5.92 Å². The van der Waals surface area contributed by atoms with Gasteiger partial charge in [-0.25, -0.2) is 9.97 Å². The number of nitrogens with zero attached hydrogens (tertiary/aromatic N) is 2. The van der Waals surface area contributed by atoms with E-state index in [9.17, 15) is 0 Å². The summed E-state index contributed by atoms with van der Waals surface area (Å²) in [6.45, 7) is 4.97. The van der Waals surface area contributed by atoms with Crippen molar-refractivity contribution in [3.8, 4) is 17.1 Å². The number of hydrogen-bond donors (Lipinski definition) is 0. The van der Waals surface area contributed by atoms with Crippen LogP contribution in [-0.4, -0.2) is 16.6 Å². The van der Waals surface area contributed by atoms with Gasteiger partial charge < -0.3 is 4.74 Å². The fraction of sp³-hybridized carbons (Fsp3) is 0.600. The van der Waals surface area contributed by atoms with Gasteiger partial charge >= 0.3 is 0 Å². The Hall–Kier alpha value is -1.90. The fourth-order valence-corrected chi connectivity index (χ4v) is 4.39. The second-order valence-corrected chi connectivity index (χ2v) is 8.22. The molecule has 0 aliphatic heterocycles. The Labute approximate surface area is 171 Å². The highest BCUT2D eigenvalue weighted by Gasteiger charge is 2.22. The first-order valence-electron chi connectivity index (χ1n) is 11.3. The molecule has 0 N–H and O–H groups in total. The van der Waals surface area contributed by atoms with E-state index in [0.717, 1.165) is 23.1 Å². The molecule has 0 bridgehead atoms. The van der Waals surface area contributed by atoms with E-state index in [1.807, 2.05) is 31.2 Å². The maximum atomic E-state index is 5.50. The van der Waals surface area contributed by atoms with Crippen molar-refractivity contribution in [1.82, 2.24) is 9.97 Å². The SMILES string of the molecule is CCCCCCCC1CCC(c2cnc(-c3ccc(OCC)cc3)nc2)CC1. The minimum atomic E-state index is 0.644. The molecule has 1 aliphatic carbocycles. The standard InChI is InChI=1S/C25H36N2O/c1-3-5-6-7-8-9-20-10-12-21(13-11-20)23-18-26-25(27-19-23)22-14-16-24(17-15-22)28-4-2/h14-21H,3-13H2,1-2H3. The molecule has 3 heteroatoms. The second kappa shape index (κ2) is 11.2. The first-order chi connectivity index (χ1) is 13.8. The Kier molecular flexibility index (Phi) is 8.32. The smallest absolute Gasteiger partial charge is 0.159 e. The third kappa shape index (κ3) is 6.05. The van der Waals surface area contributed by atoms with Gasteiger partial charge in [-0.2, -0.15) is 0 Å². The lowest BCUT2D eigenvalue weighted by Gasteiger charge is -2.28. The first-order valence-corrected chi connectivity index (χ1v) is 11.3. The van der Waals surface area contributed by atoms with Crippen LogP contribution >= 0.6 is 0 Å². The van der Waals surface area contributed by atoms with E-state index in [4.69, 9.17) is 4.74 Å². The largest absolute Gasteiger partial charge is 0.494 e. The zero-order valence-corrected chi connectivity index (χ0v) is 17.7. The quantitative estimate of drug-likeness (QED) is 0.410. The topological polar surface area (TPSA) is 35.0 Å². The summed E-state index contributed by atoms with van der Waals surface area (Å²) in [6, 6.07) is 8.04. The predicted octanol–water partition coefficient (Wildman–Crippen LogP) is 7.18. The van der Waals surface area contributed by atoms with Crippen molar-refractivity contribution >= 4 is 0 Å². The predicted molar refractivity (Wildman–Crippen MR) is 117 cm³/mol. The lowest BCUT2D eigenvalue weighted by Crippen LogP contribution is -2.14. The van der Waals surface area contributed by atoms with Gasteiger partial charge in [0.05, 0.1) is 6.61 Å². The molecule has 0 unspecified atom stereocenters. The Morgan fingerprint density at radius 2 is 1.54 bits per heavy atom. The highest BCUT2D eigenvalue weighted by molar-refractivity contribution is 5.56. The van der Waals surface area contributed by atoms with E-state index in [2.05, 4.69) is 29.3 Å². The molecule has 152 valence electrons. The Morgan fingerprint density at radius 3 is 2.18 bits per heavy atom. The van der Waals surface area contributed by atoms with E-state index in [0.29, 0.717) is 12.5 Å². The molecule has 1 aliphatic rings. The minimum Gasteiger partial charge on any atom is -0.494 e. The van der Waals surface area contributed by atoms with Crippen molar-refractivity contribution < 1.29 is 4.74 Å². The van der Waals surface area contributed by atoms with Gasteiger partial charge in [-0.1, -0.05) is 45.4 Å². The van der Waals surface area contributed by atoms with E-state index in [1.54, 1.807) is 0 Å². The molecule has 0 atom stereocenters. The van der Waals surface area contributed by atoms with Crippen LogP contribution in [0.3, 0.4) is 0 Å². The van der Waals surface area contributed by atoms with Crippen molar-refractivity contribution in [2.75, 3.05) is 6.61 Å². The maximum Gasteiger partial charge on any atom is 0.159 e. The summed E-state index contributed by atoms with van der Waals surface area (Å²) >= 11 is 0. The Bertz CT molecular complexity index is 673. The van der Waals surface area contributed by atoms with E-state index in [1.165, 1.54) is 69.8 Å². The van der Waals surface area contributed by atoms with Crippen LogP contribution < -0.4 is 4.74 Å². The van der Waals surface area contributed by atoms with Crippen molar-refractivity contribution in [3.05, 3.63) is 42.2 Å². The number of benzene rings is 1. The van der Waals surface area contributed by atoms with Crippen LogP contribution in [0.4, 0.5) is 0 Å². The molecule has 3 nitrogen and oxygen atoms in total. The molecule has 28 heavy (non-hydrogen) atoms. The molecular weight excluding hydrogens is 344 g/mol. The third-order valence-corrected chi connectivity index (χ3v) is 6.13. The summed E-state index contributed by atoms with van der Waals surface area (Å²) in [5.41, 5.74) is 2.36. The molecule has 1 heterocycles. The van der Waals surface area contributed by atoms with Crippen molar-refractivity contribution in [2.45, 2.75) is 84.0 Å². The number of ether oxygens (including phenoxy) is 1. The molecule has 1 aromatic heterocycles. The molecule has 0 amide bonds. The van der Waals surface area contributed by atoms with Gasteiger partial charge in [-0.15, -0.1) is 0 Å². The van der Waals surface area contributed by atoms with Crippen LogP contribution in [0.1, 0.15) is 89.5 Å². The summed E-state index contributed by atoms with van der Waals surface area (Å²) in [5, 5.41) is 0. The van der Waals surface area contributed by atoms with E-state index >= 15 is 0 Å². The van der Waals surface area contributed by atoms with Gasteiger partial charge in [-0.3, -0.25) is 0 Å². The average molecular weight is 381 g/mol. The monoisotopic (exact) mass is 380 g/mol. The highest BCUT2D eigenvalue weighted by atomic mass is 16.5. The second-order valence-electron chi connectivity index (χ2n) is 8.22. The van der Waals surface area contributed by atoms with Crippen LogP contribution in [-0.2, 0) is 0 Å². The molecule has 1 fully saturated rings. The lowest BCUT2D eigenvalue weighted by molar-refractivity contribution is 0.301. The van der Waals surface area contributed by atoms with Gasteiger partial charge in [0.25, 0.3) is 0 Å². The molecule has 3 rings (SSSR count). The van der Waals surface area contributed by atoms with Gasteiger partial charge in [-0.05, 0) is 74.3 Å². The van der Waals surface area contributed by atoms with Gasteiger partial charge in [0.2, 0.25) is 0 Å². The number of aromatic nitrogens is 2. The van der Waals surface area contributed by atoms with Gasteiger partial charge in [0.1, 0.15) is 5.75 Å². The zero-order valence-electron chi connectivity index (χ0n) is 17.7. The molecule has 0 spiro atoms. The molecule has 0 radical (unpaired) electrons. The Balaban J connectivity index is 1.46. The maximum absolute atomic E-state index is 5.50. The van der Waals surface area contributed by atoms with E-state index in [-0.39, 0.29) is 0 Å². The molecule has 1 aromatic carbocycles. The highest BCUT2D eigenvalue weighted by Crippen LogP contribution is 2.37. The van der Waals surface area contributed by atoms with Crippen molar-refractivity contribution in [2.24, 2.45) is 5.92 Å². The molecule has 2 aromatic rings. The summed E-state index contributed by atoms with van der Waals surface area (Å²) < 4.78 is 5.50. The van der Waals surface area contributed by atoms with Crippen LogP contribution in [0.25, 0.3) is 11.4 Å². The number of unbranched alkanes of at least 4 members (excludes halogenated alkanes) is 4. The summed E-state index contributed by atoms with van der Waals surface area (Å²) in [7, 11) is 0. The van der Waals surface area contributed by atoms with Crippen molar-refractivity contribution in [1.29, 1.82) is 0 Å². The van der Waals surface area contributed by atoms with Gasteiger partial charge in [0, 0.05) is 18.0 Å². The average Bonchev–Trinajstić information content (AvgIpc) is 2.75. The molecule has 0 saturated heterocycles. The van der Waals surface area contributed by atoms with Crippen LogP contribution in [0.5, 0.6) is 5.75 Å².